The van der Waals surface area contributed by atoms with Gasteiger partial charge in [-0.15, -0.1) is 0 Å². The zero-order chi connectivity index (χ0) is 18.2. The monoisotopic (exact) mass is 359 g/mol. The fourth-order valence-corrected chi connectivity index (χ4v) is 4.20. The maximum absolute atomic E-state index is 12.4. The molecule has 0 N–H and O–H groups in total. The molecule has 1 fully saturated rings. The van der Waals surface area contributed by atoms with Gasteiger partial charge < -0.3 is 4.42 Å². The number of pyridine rings is 1. The quantitative estimate of drug-likeness (QED) is 0.555. The third-order valence-corrected chi connectivity index (χ3v) is 5.44. The van der Waals surface area contributed by atoms with Crippen molar-refractivity contribution in [2.45, 2.75) is 25.4 Å². The number of nitrogens with zero attached hydrogens (tertiary/aromatic N) is 3. The number of para-hydroxylation sites is 2. The molecule has 0 radical (unpaired) electrons. The lowest BCUT2D eigenvalue weighted by molar-refractivity contribution is 0.168. The van der Waals surface area contributed by atoms with Gasteiger partial charge in [0.25, 0.3) is 0 Å². The van der Waals surface area contributed by atoms with Gasteiger partial charge in [-0.2, -0.15) is 0 Å². The number of benzene rings is 2. The van der Waals surface area contributed by atoms with Gasteiger partial charge in [-0.25, -0.2) is 4.79 Å². The molecule has 4 aromatic rings. The molecule has 0 amide bonds. The summed E-state index contributed by atoms with van der Waals surface area (Å²) in [4.78, 5) is 19.2. The SMILES string of the molecule is O=c1oc2ccccc2n1[C@H]1CCCN(Cc2ccc3ncccc3c2)C1. The largest absolute Gasteiger partial charge is 0.420 e. The highest BCUT2D eigenvalue weighted by molar-refractivity contribution is 5.78. The second-order valence-electron chi connectivity index (χ2n) is 7.27. The average Bonchev–Trinajstić information content (AvgIpc) is 3.04. The Morgan fingerprint density at radius 1 is 1.11 bits per heavy atom. The number of aromatic nitrogens is 2. The molecule has 5 rings (SSSR count). The Labute approximate surface area is 156 Å². The lowest BCUT2D eigenvalue weighted by atomic mass is 10.0. The molecule has 2 aromatic heterocycles. The fraction of sp³-hybridized carbons (Fsp3) is 0.273. The topological polar surface area (TPSA) is 51.3 Å². The highest BCUT2D eigenvalue weighted by Crippen LogP contribution is 2.26. The normalized spacial score (nSPS) is 18.3. The number of hydrogen-bond donors (Lipinski definition) is 0. The Morgan fingerprint density at radius 3 is 3.00 bits per heavy atom. The van der Waals surface area contributed by atoms with E-state index in [-0.39, 0.29) is 11.8 Å². The summed E-state index contributed by atoms with van der Waals surface area (Å²) in [7, 11) is 0. The first-order valence-corrected chi connectivity index (χ1v) is 9.44. The fourth-order valence-electron chi connectivity index (χ4n) is 4.20. The molecular weight excluding hydrogens is 338 g/mol. The third-order valence-electron chi connectivity index (χ3n) is 5.44. The van der Waals surface area contributed by atoms with Crippen LogP contribution in [0, 0.1) is 0 Å². The van der Waals surface area contributed by atoms with E-state index in [0.29, 0.717) is 5.58 Å². The minimum atomic E-state index is -0.250. The molecular formula is C22H21N3O2. The highest BCUT2D eigenvalue weighted by Gasteiger charge is 2.25. The van der Waals surface area contributed by atoms with Crippen LogP contribution in [0.2, 0.25) is 0 Å². The highest BCUT2D eigenvalue weighted by atomic mass is 16.4. The van der Waals surface area contributed by atoms with E-state index >= 15 is 0 Å². The summed E-state index contributed by atoms with van der Waals surface area (Å²) < 4.78 is 7.28. The predicted molar refractivity (Wildman–Crippen MR) is 106 cm³/mol. The molecule has 3 heterocycles. The zero-order valence-electron chi connectivity index (χ0n) is 15.0. The maximum Gasteiger partial charge on any atom is 0.420 e. The molecule has 1 aliphatic rings. The van der Waals surface area contributed by atoms with Crippen LogP contribution in [-0.2, 0) is 6.54 Å². The van der Waals surface area contributed by atoms with Crippen LogP contribution in [0.5, 0.6) is 0 Å². The standard InChI is InChI=1S/C22H21N3O2/c26-22-25(20-7-1-2-8-21(20)27-22)18-6-4-12-24(15-18)14-16-9-10-19-17(13-16)5-3-11-23-19/h1-3,5,7-11,13,18H,4,6,12,14-15H2/t18-/m0/s1. The van der Waals surface area contributed by atoms with Gasteiger partial charge in [0.2, 0.25) is 0 Å². The van der Waals surface area contributed by atoms with Crippen LogP contribution < -0.4 is 5.76 Å². The van der Waals surface area contributed by atoms with Gasteiger partial charge in [0.15, 0.2) is 5.58 Å². The van der Waals surface area contributed by atoms with Crippen molar-refractivity contribution in [1.29, 1.82) is 0 Å². The average molecular weight is 359 g/mol. The van der Waals surface area contributed by atoms with Gasteiger partial charge >= 0.3 is 5.76 Å². The van der Waals surface area contributed by atoms with Gasteiger partial charge in [0.1, 0.15) is 0 Å². The lowest BCUT2D eigenvalue weighted by Gasteiger charge is -2.33. The third kappa shape index (κ3) is 3.04. The minimum Gasteiger partial charge on any atom is -0.408 e. The Hall–Kier alpha value is -2.92. The van der Waals surface area contributed by atoms with E-state index in [0.717, 1.165) is 43.5 Å². The molecule has 1 saturated heterocycles. The summed E-state index contributed by atoms with van der Waals surface area (Å²) in [5.41, 5.74) is 3.86. The Bertz CT molecular complexity index is 1160. The molecule has 1 atom stereocenters. The molecule has 0 bridgehead atoms. The first-order chi connectivity index (χ1) is 13.3. The molecule has 136 valence electrons. The van der Waals surface area contributed by atoms with Gasteiger partial charge in [-0.1, -0.05) is 24.3 Å². The van der Waals surface area contributed by atoms with Crippen molar-refractivity contribution in [1.82, 2.24) is 14.5 Å². The van der Waals surface area contributed by atoms with Crippen LogP contribution in [0.3, 0.4) is 0 Å². The smallest absolute Gasteiger partial charge is 0.408 e. The minimum absolute atomic E-state index is 0.150. The van der Waals surface area contributed by atoms with Gasteiger partial charge in [0, 0.05) is 24.7 Å². The van der Waals surface area contributed by atoms with Crippen LogP contribution in [0.4, 0.5) is 0 Å². The summed E-state index contributed by atoms with van der Waals surface area (Å²) in [5.74, 6) is -0.250. The van der Waals surface area contributed by atoms with Crippen LogP contribution in [0.25, 0.3) is 22.0 Å². The van der Waals surface area contributed by atoms with Crippen molar-refractivity contribution < 1.29 is 4.42 Å². The summed E-state index contributed by atoms with van der Waals surface area (Å²) in [6.45, 7) is 2.78. The molecule has 0 spiro atoms. The Morgan fingerprint density at radius 2 is 2.04 bits per heavy atom. The van der Waals surface area contributed by atoms with Crippen LogP contribution >= 0.6 is 0 Å². The molecule has 27 heavy (non-hydrogen) atoms. The molecule has 5 heteroatoms. The van der Waals surface area contributed by atoms with Crippen LogP contribution in [0.1, 0.15) is 24.4 Å². The number of rotatable bonds is 3. The van der Waals surface area contributed by atoms with E-state index < -0.39 is 0 Å². The van der Waals surface area contributed by atoms with E-state index in [1.54, 1.807) is 0 Å². The number of likely N-dealkylation sites (tertiary alicyclic amines) is 1. The van der Waals surface area contributed by atoms with E-state index in [1.807, 2.05) is 41.1 Å². The summed E-state index contributed by atoms with van der Waals surface area (Å²) in [5, 5.41) is 1.17. The van der Waals surface area contributed by atoms with Gasteiger partial charge in [0.05, 0.1) is 17.1 Å². The lowest BCUT2D eigenvalue weighted by Crippen LogP contribution is -2.38. The van der Waals surface area contributed by atoms with E-state index in [9.17, 15) is 4.79 Å². The molecule has 5 nitrogen and oxygen atoms in total. The van der Waals surface area contributed by atoms with E-state index in [1.165, 1.54) is 10.9 Å². The number of fused-ring (bicyclic) bond motifs is 2. The van der Waals surface area contributed by atoms with E-state index in [4.69, 9.17) is 4.42 Å². The van der Waals surface area contributed by atoms with Gasteiger partial charge in [-0.05, 0) is 55.3 Å². The Balaban J connectivity index is 1.40. The Kier molecular flexibility index (Phi) is 4.02. The summed E-state index contributed by atoms with van der Waals surface area (Å²) in [6.07, 6.45) is 3.90. The van der Waals surface area contributed by atoms with Crippen molar-refractivity contribution in [3.63, 3.8) is 0 Å². The van der Waals surface area contributed by atoms with Crippen LogP contribution in [0.15, 0.2) is 70.0 Å². The first kappa shape index (κ1) is 16.3. The number of oxazole rings is 1. The maximum atomic E-state index is 12.4. The predicted octanol–water partition coefficient (Wildman–Crippen LogP) is 3.98. The van der Waals surface area contributed by atoms with Crippen LogP contribution in [-0.4, -0.2) is 27.5 Å². The summed E-state index contributed by atoms with van der Waals surface area (Å²) >= 11 is 0. The van der Waals surface area contributed by atoms with Crippen molar-refractivity contribution >= 4 is 22.0 Å². The van der Waals surface area contributed by atoms with Gasteiger partial charge in [-0.3, -0.25) is 14.5 Å². The molecule has 2 aromatic carbocycles. The summed E-state index contributed by atoms with van der Waals surface area (Å²) in [6, 6.07) is 18.4. The second kappa shape index (κ2) is 6.67. The molecule has 1 aliphatic heterocycles. The molecule has 0 unspecified atom stereocenters. The number of hydrogen-bond acceptors (Lipinski definition) is 4. The van der Waals surface area contributed by atoms with Crippen molar-refractivity contribution in [2.75, 3.05) is 13.1 Å². The number of piperidine rings is 1. The molecule has 0 aliphatic carbocycles. The molecule has 0 saturated carbocycles. The second-order valence-corrected chi connectivity index (χ2v) is 7.27. The van der Waals surface area contributed by atoms with Crippen molar-refractivity contribution in [3.8, 4) is 0 Å². The van der Waals surface area contributed by atoms with Crippen molar-refractivity contribution in [2.24, 2.45) is 0 Å². The van der Waals surface area contributed by atoms with E-state index in [2.05, 4.69) is 34.1 Å². The first-order valence-electron chi connectivity index (χ1n) is 9.44. The van der Waals surface area contributed by atoms with Crippen molar-refractivity contribution in [3.05, 3.63) is 76.9 Å². The zero-order valence-corrected chi connectivity index (χ0v) is 15.0.